The van der Waals surface area contributed by atoms with E-state index in [4.69, 9.17) is 16.3 Å². The number of hydrogen-bond donors (Lipinski definition) is 1. The average Bonchev–Trinajstić information content (AvgIpc) is 3.03. The monoisotopic (exact) mass is 345 g/mol. The molecule has 0 spiro atoms. The number of rotatable bonds is 6. The second-order valence-electron chi connectivity index (χ2n) is 6.03. The highest BCUT2D eigenvalue weighted by atomic mass is 35.5. The molecule has 0 aromatic heterocycles. The van der Waals surface area contributed by atoms with Crippen LogP contribution < -0.4 is 4.74 Å². The van der Waals surface area contributed by atoms with Crippen molar-refractivity contribution in [2.75, 3.05) is 6.54 Å². The highest BCUT2D eigenvalue weighted by Crippen LogP contribution is 2.22. The zero-order chi connectivity index (χ0) is 16.9. The predicted molar refractivity (Wildman–Crippen MR) is 93.3 cm³/mol. The van der Waals surface area contributed by atoms with Crippen molar-refractivity contribution in [3.05, 3.63) is 64.7 Å². The Labute approximate surface area is 146 Å². The van der Waals surface area contributed by atoms with Gasteiger partial charge >= 0.3 is 5.97 Å². The number of aliphatic carboxylic acids is 1. The van der Waals surface area contributed by atoms with Crippen LogP contribution in [0, 0.1) is 0 Å². The van der Waals surface area contributed by atoms with Crippen LogP contribution in [0.1, 0.15) is 24.0 Å². The van der Waals surface area contributed by atoms with Crippen LogP contribution >= 0.6 is 11.6 Å². The number of likely N-dealkylation sites (tertiary alicyclic amines) is 1. The minimum Gasteiger partial charge on any atom is -0.489 e. The highest BCUT2D eigenvalue weighted by molar-refractivity contribution is 6.30. The summed E-state index contributed by atoms with van der Waals surface area (Å²) in [5.74, 6) is 0.0592. The fourth-order valence-corrected chi connectivity index (χ4v) is 3.23. The second-order valence-corrected chi connectivity index (χ2v) is 6.47. The van der Waals surface area contributed by atoms with Crippen LogP contribution in [-0.2, 0) is 17.9 Å². The number of halogens is 1. The Morgan fingerprint density at radius 3 is 2.71 bits per heavy atom. The number of ether oxygens (including phenoxy) is 1. The Morgan fingerprint density at radius 2 is 2.00 bits per heavy atom. The molecule has 0 unspecified atom stereocenters. The maximum Gasteiger partial charge on any atom is 0.320 e. The van der Waals surface area contributed by atoms with Gasteiger partial charge in [-0.25, -0.2) is 0 Å². The van der Waals surface area contributed by atoms with Crippen LogP contribution in [0.5, 0.6) is 5.75 Å². The molecule has 1 aliphatic rings. The molecule has 0 saturated carbocycles. The summed E-state index contributed by atoms with van der Waals surface area (Å²) < 4.78 is 5.77. The molecule has 1 fully saturated rings. The van der Waals surface area contributed by atoms with Crippen molar-refractivity contribution in [1.82, 2.24) is 4.90 Å². The van der Waals surface area contributed by atoms with Crippen molar-refractivity contribution in [2.24, 2.45) is 0 Å². The molecular formula is C19H20ClNO3. The second kappa shape index (κ2) is 7.69. The summed E-state index contributed by atoms with van der Waals surface area (Å²) in [5.41, 5.74) is 2.12. The number of benzene rings is 2. The molecule has 1 heterocycles. The molecule has 1 saturated heterocycles. The van der Waals surface area contributed by atoms with Gasteiger partial charge in [0.2, 0.25) is 0 Å². The Hall–Kier alpha value is -2.04. The third kappa shape index (κ3) is 4.28. The summed E-state index contributed by atoms with van der Waals surface area (Å²) in [5, 5.41) is 9.93. The van der Waals surface area contributed by atoms with Crippen LogP contribution in [0.25, 0.3) is 0 Å². The molecule has 0 radical (unpaired) electrons. The van der Waals surface area contributed by atoms with Gasteiger partial charge in [-0.15, -0.1) is 0 Å². The Balaban J connectivity index is 1.56. The van der Waals surface area contributed by atoms with Gasteiger partial charge in [-0.2, -0.15) is 0 Å². The van der Waals surface area contributed by atoms with Crippen LogP contribution in [-0.4, -0.2) is 28.6 Å². The van der Waals surface area contributed by atoms with Crippen LogP contribution in [0.3, 0.4) is 0 Å². The first-order valence-electron chi connectivity index (χ1n) is 8.05. The summed E-state index contributed by atoms with van der Waals surface area (Å²) in [6.45, 7) is 1.96. The van der Waals surface area contributed by atoms with E-state index in [1.54, 1.807) is 0 Å². The van der Waals surface area contributed by atoms with Gasteiger partial charge in [0.15, 0.2) is 0 Å². The van der Waals surface area contributed by atoms with E-state index in [1.165, 1.54) is 0 Å². The third-order valence-electron chi connectivity index (χ3n) is 4.25. The SMILES string of the molecule is O=C(O)[C@@H]1CCCN1Cc1ccc(OCc2cccc(Cl)c2)cc1. The minimum atomic E-state index is -0.728. The van der Waals surface area contributed by atoms with Gasteiger partial charge in [-0.05, 0) is 54.8 Å². The number of nitrogens with zero attached hydrogens (tertiary/aromatic N) is 1. The highest BCUT2D eigenvalue weighted by Gasteiger charge is 2.30. The lowest BCUT2D eigenvalue weighted by atomic mass is 10.1. The van der Waals surface area contributed by atoms with Gasteiger partial charge in [0.1, 0.15) is 18.4 Å². The molecule has 24 heavy (non-hydrogen) atoms. The van der Waals surface area contributed by atoms with Crippen molar-refractivity contribution < 1.29 is 14.6 Å². The molecule has 2 aromatic rings. The number of carboxylic acids is 1. The lowest BCUT2D eigenvalue weighted by molar-refractivity contribution is -0.142. The molecule has 0 amide bonds. The van der Waals surface area contributed by atoms with E-state index < -0.39 is 5.97 Å². The molecule has 2 aromatic carbocycles. The molecule has 4 nitrogen and oxygen atoms in total. The topological polar surface area (TPSA) is 49.8 Å². The van der Waals surface area contributed by atoms with Crippen molar-refractivity contribution in [1.29, 1.82) is 0 Å². The van der Waals surface area contributed by atoms with E-state index in [9.17, 15) is 9.90 Å². The molecule has 1 aliphatic heterocycles. The van der Waals surface area contributed by atoms with Gasteiger partial charge in [0, 0.05) is 11.6 Å². The van der Waals surface area contributed by atoms with Gasteiger partial charge in [0.05, 0.1) is 0 Å². The first-order chi connectivity index (χ1) is 11.6. The molecule has 0 aliphatic carbocycles. The van der Waals surface area contributed by atoms with Gasteiger partial charge in [0.25, 0.3) is 0 Å². The van der Waals surface area contributed by atoms with Crippen LogP contribution in [0.2, 0.25) is 5.02 Å². The fraction of sp³-hybridized carbons (Fsp3) is 0.316. The van der Waals surface area contributed by atoms with Crippen LogP contribution in [0.4, 0.5) is 0 Å². The zero-order valence-electron chi connectivity index (χ0n) is 13.3. The minimum absolute atomic E-state index is 0.358. The van der Waals surface area contributed by atoms with E-state index in [0.29, 0.717) is 18.2 Å². The molecule has 3 rings (SSSR count). The van der Waals surface area contributed by atoms with E-state index in [2.05, 4.69) is 0 Å². The van der Waals surface area contributed by atoms with E-state index in [0.717, 1.165) is 36.3 Å². The average molecular weight is 346 g/mol. The lowest BCUT2D eigenvalue weighted by Crippen LogP contribution is -2.35. The summed E-state index contributed by atoms with van der Waals surface area (Å²) in [4.78, 5) is 13.2. The first kappa shape index (κ1) is 16.8. The van der Waals surface area contributed by atoms with E-state index in [-0.39, 0.29) is 6.04 Å². The van der Waals surface area contributed by atoms with Gasteiger partial charge in [-0.3, -0.25) is 9.69 Å². The maximum absolute atomic E-state index is 11.2. The zero-order valence-corrected chi connectivity index (χ0v) is 14.1. The van der Waals surface area contributed by atoms with E-state index >= 15 is 0 Å². The molecular weight excluding hydrogens is 326 g/mol. The Bertz CT molecular complexity index is 702. The molecule has 0 bridgehead atoms. The van der Waals surface area contributed by atoms with E-state index in [1.807, 2.05) is 53.4 Å². The smallest absolute Gasteiger partial charge is 0.320 e. The van der Waals surface area contributed by atoms with Crippen molar-refractivity contribution >= 4 is 17.6 Å². The molecule has 5 heteroatoms. The molecule has 1 atom stereocenters. The number of carboxylic acid groups (broad SMARTS) is 1. The molecule has 126 valence electrons. The summed E-state index contributed by atoms with van der Waals surface area (Å²) in [7, 11) is 0. The van der Waals surface area contributed by atoms with Crippen molar-refractivity contribution in [3.63, 3.8) is 0 Å². The predicted octanol–water partition coefficient (Wildman–Crippen LogP) is 3.97. The number of carbonyl (C=O) groups is 1. The quantitative estimate of drug-likeness (QED) is 0.860. The van der Waals surface area contributed by atoms with Crippen LogP contribution in [0.15, 0.2) is 48.5 Å². The van der Waals surface area contributed by atoms with Gasteiger partial charge < -0.3 is 9.84 Å². The summed E-state index contributed by atoms with van der Waals surface area (Å²) in [6, 6.07) is 15.1. The van der Waals surface area contributed by atoms with Crippen molar-refractivity contribution in [3.8, 4) is 5.75 Å². The number of hydrogen-bond acceptors (Lipinski definition) is 3. The standard InChI is InChI=1S/C19H20ClNO3/c20-16-4-1-3-15(11-16)13-24-17-8-6-14(7-9-17)12-21-10-2-5-18(21)19(22)23/h1,3-4,6-9,11,18H,2,5,10,12-13H2,(H,22,23)/t18-/m0/s1. The van der Waals surface area contributed by atoms with Gasteiger partial charge in [-0.1, -0.05) is 35.9 Å². The lowest BCUT2D eigenvalue weighted by Gasteiger charge is -2.21. The third-order valence-corrected chi connectivity index (χ3v) is 4.49. The summed E-state index contributed by atoms with van der Waals surface area (Å²) in [6.07, 6.45) is 1.67. The first-order valence-corrected chi connectivity index (χ1v) is 8.42. The Kier molecular flexibility index (Phi) is 5.38. The van der Waals surface area contributed by atoms with Crippen molar-refractivity contribution in [2.45, 2.75) is 32.0 Å². The fourth-order valence-electron chi connectivity index (χ4n) is 3.01. The Morgan fingerprint density at radius 1 is 1.21 bits per heavy atom. The normalized spacial score (nSPS) is 17.8. The maximum atomic E-state index is 11.2. The molecule has 1 N–H and O–H groups in total. The largest absolute Gasteiger partial charge is 0.489 e. The summed E-state index contributed by atoms with van der Waals surface area (Å²) >= 11 is 5.96.